The number of pyridine rings is 1. The number of aryl methyl sites for hydroxylation is 1. The van der Waals surface area contributed by atoms with Crippen molar-refractivity contribution in [2.24, 2.45) is 7.05 Å². The van der Waals surface area contributed by atoms with Gasteiger partial charge in [-0.2, -0.15) is 5.10 Å². The highest BCUT2D eigenvalue weighted by atomic mass is 35.5. The van der Waals surface area contributed by atoms with E-state index in [2.05, 4.69) is 4.98 Å². The van der Waals surface area contributed by atoms with Crippen LogP contribution in [0.1, 0.15) is 41.4 Å². The van der Waals surface area contributed by atoms with Crippen molar-refractivity contribution in [1.29, 1.82) is 0 Å². The Balaban J connectivity index is 1.72. The molecule has 0 unspecified atom stereocenters. The number of halogens is 2. The molecule has 3 aromatic rings. The van der Waals surface area contributed by atoms with Gasteiger partial charge in [-0.1, -0.05) is 23.2 Å². The SMILES string of the molecule is Cn1cc(-c2ccncc2)c([C@@H]2CCCCN2C(=O)c2ccc(Cl)c(Cl)c2)n1. The smallest absolute Gasteiger partial charge is 0.254 e. The molecule has 7 heteroatoms. The maximum absolute atomic E-state index is 13.3. The fraction of sp³-hybridized carbons (Fsp3) is 0.286. The normalized spacial score (nSPS) is 17.0. The number of piperidine rings is 1. The Hall–Kier alpha value is -2.37. The van der Waals surface area contributed by atoms with Crippen LogP contribution in [-0.2, 0) is 7.05 Å². The summed E-state index contributed by atoms with van der Waals surface area (Å²) < 4.78 is 1.81. The average molecular weight is 415 g/mol. The second kappa shape index (κ2) is 7.94. The van der Waals surface area contributed by atoms with E-state index in [9.17, 15) is 4.79 Å². The lowest BCUT2D eigenvalue weighted by Gasteiger charge is -2.35. The van der Waals surface area contributed by atoms with Gasteiger partial charge in [-0.25, -0.2) is 0 Å². The summed E-state index contributed by atoms with van der Waals surface area (Å²) in [6.07, 6.45) is 8.45. The zero-order valence-corrected chi connectivity index (χ0v) is 17.0. The Labute approximate surface area is 173 Å². The molecule has 0 saturated carbocycles. The minimum absolute atomic E-state index is 0.0467. The number of benzene rings is 1. The van der Waals surface area contributed by atoms with Gasteiger partial charge in [0.05, 0.1) is 21.8 Å². The van der Waals surface area contributed by atoms with Crippen LogP contribution in [0.15, 0.2) is 48.9 Å². The number of aromatic nitrogens is 3. The summed E-state index contributed by atoms with van der Waals surface area (Å²) in [5, 5.41) is 5.55. The van der Waals surface area contributed by atoms with Gasteiger partial charge in [0, 0.05) is 43.3 Å². The quantitative estimate of drug-likeness (QED) is 0.594. The third kappa shape index (κ3) is 3.64. The molecule has 144 valence electrons. The van der Waals surface area contributed by atoms with Gasteiger partial charge in [-0.3, -0.25) is 14.5 Å². The number of nitrogens with zero attached hydrogens (tertiary/aromatic N) is 4. The Morgan fingerprint density at radius 1 is 1.11 bits per heavy atom. The molecule has 1 aliphatic rings. The van der Waals surface area contributed by atoms with Crippen LogP contribution >= 0.6 is 23.2 Å². The predicted molar refractivity (Wildman–Crippen MR) is 111 cm³/mol. The number of hydrogen-bond donors (Lipinski definition) is 0. The molecule has 5 nitrogen and oxygen atoms in total. The minimum atomic E-state index is -0.0833. The van der Waals surface area contributed by atoms with Crippen LogP contribution in [0.4, 0.5) is 0 Å². The number of amides is 1. The van der Waals surface area contributed by atoms with E-state index < -0.39 is 0 Å². The fourth-order valence-electron chi connectivity index (χ4n) is 3.76. The Kier molecular flexibility index (Phi) is 5.38. The van der Waals surface area contributed by atoms with Crippen LogP contribution in [0.2, 0.25) is 10.0 Å². The van der Waals surface area contributed by atoms with Crippen molar-refractivity contribution < 1.29 is 4.79 Å². The highest BCUT2D eigenvalue weighted by molar-refractivity contribution is 6.42. The first-order chi connectivity index (χ1) is 13.5. The lowest BCUT2D eigenvalue weighted by Crippen LogP contribution is -2.39. The summed E-state index contributed by atoms with van der Waals surface area (Å²) in [6.45, 7) is 0.691. The number of hydrogen-bond acceptors (Lipinski definition) is 3. The van der Waals surface area contributed by atoms with Crippen molar-refractivity contribution in [3.05, 3.63) is 70.2 Å². The van der Waals surface area contributed by atoms with E-state index in [1.165, 1.54) is 0 Å². The highest BCUT2D eigenvalue weighted by Gasteiger charge is 2.32. The van der Waals surface area contributed by atoms with E-state index in [0.717, 1.165) is 36.1 Å². The van der Waals surface area contributed by atoms with Crippen molar-refractivity contribution in [1.82, 2.24) is 19.7 Å². The molecule has 1 saturated heterocycles. The zero-order chi connectivity index (χ0) is 19.7. The molecule has 0 bridgehead atoms. The summed E-state index contributed by atoms with van der Waals surface area (Å²) in [4.78, 5) is 19.3. The van der Waals surface area contributed by atoms with Gasteiger partial charge in [0.1, 0.15) is 0 Å². The second-order valence-corrected chi connectivity index (χ2v) is 7.79. The van der Waals surface area contributed by atoms with Gasteiger partial charge >= 0.3 is 0 Å². The number of likely N-dealkylation sites (tertiary alicyclic amines) is 1. The largest absolute Gasteiger partial charge is 0.330 e. The standard InChI is InChI=1S/C21H20Cl2N4O/c1-26-13-16(14-7-9-24-10-8-14)20(25-26)19-4-2-3-11-27(19)21(28)15-5-6-17(22)18(23)12-15/h5-10,12-13,19H,2-4,11H2,1H3/t19-/m0/s1. The van der Waals surface area contributed by atoms with Crippen molar-refractivity contribution in [3.8, 4) is 11.1 Å². The molecule has 3 heterocycles. The minimum Gasteiger partial charge on any atom is -0.330 e. The van der Waals surface area contributed by atoms with E-state index in [-0.39, 0.29) is 11.9 Å². The Morgan fingerprint density at radius 2 is 1.89 bits per heavy atom. The van der Waals surface area contributed by atoms with Crippen molar-refractivity contribution >= 4 is 29.1 Å². The first kappa shape index (κ1) is 19.0. The third-order valence-electron chi connectivity index (χ3n) is 5.09. The molecule has 1 amide bonds. The summed E-state index contributed by atoms with van der Waals surface area (Å²) in [7, 11) is 1.90. The molecular weight excluding hydrogens is 395 g/mol. The summed E-state index contributed by atoms with van der Waals surface area (Å²) >= 11 is 12.1. The second-order valence-electron chi connectivity index (χ2n) is 6.98. The molecule has 1 aromatic carbocycles. The first-order valence-electron chi connectivity index (χ1n) is 9.24. The predicted octanol–water partition coefficient (Wildman–Crippen LogP) is 5.16. The van der Waals surface area contributed by atoms with E-state index in [1.54, 1.807) is 30.6 Å². The van der Waals surface area contributed by atoms with Gasteiger partial charge in [-0.05, 0) is 55.2 Å². The van der Waals surface area contributed by atoms with Crippen molar-refractivity contribution in [2.45, 2.75) is 25.3 Å². The number of carbonyl (C=O) groups excluding carboxylic acids is 1. The molecule has 1 atom stereocenters. The topological polar surface area (TPSA) is 51.0 Å². The molecule has 2 aromatic heterocycles. The highest BCUT2D eigenvalue weighted by Crippen LogP contribution is 2.37. The zero-order valence-electron chi connectivity index (χ0n) is 15.5. The molecule has 0 radical (unpaired) electrons. The lowest BCUT2D eigenvalue weighted by atomic mass is 9.94. The van der Waals surface area contributed by atoms with E-state index in [1.807, 2.05) is 35.0 Å². The maximum atomic E-state index is 13.3. The molecule has 0 N–H and O–H groups in total. The molecule has 0 spiro atoms. The monoisotopic (exact) mass is 414 g/mol. The Morgan fingerprint density at radius 3 is 2.64 bits per heavy atom. The molecule has 1 aliphatic heterocycles. The van der Waals surface area contributed by atoms with Crippen LogP contribution < -0.4 is 0 Å². The van der Waals surface area contributed by atoms with E-state index >= 15 is 0 Å². The van der Waals surface area contributed by atoms with Gasteiger partial charge in [0.25, 0.3) is 5.91 Å². The molecule has 28 heavy (non-hydrogen) atoms. The lowest BCUT2D eigenvalue weighted by molar-refractivity contribution is 0.0606. The van der Waals surface area contributed by atoms with Crippen molar-refractivity contribution in [3.63, 3.8) is 0 Å². The summed E-state index contributed by atoms with van der Waals surface area (Å²) in [6, 6.07) is 8.88. The van der Waals surface area contributed by atoms with Crippen LogP contribution in [0, 0.1) is 0 Å². The van der Waals surface area contributed by atoms with E-state index in [0.29, 0.717) is 22.2 Å². The molecule has 1 fully saturated rings. The molecule has 4 rings (SSSR count). The van der Waals surface area contributed by atoms with Crippen molar-refractivity contribution in [2.75, 3.05) is 6.54 Å². The molecular formula is C21H20Cl2N4O. The molecule has 0 aliphatic carbocycles. The fourth-order valence-corrected chi connectivity index (χ4v) is 4.06. The Bertz CT molecular complexity index is 1000. The summed E-state index contributed by atoms with van der Waals surface area (Å²) in [5.41, 5.74) is 3.54. The number of rotatable bonds is 3. The number of carbonyl (C=O) groups is 1. The van der Waals surface area contributed by atoms with Crippen LogP contribution in [0.5, 0.6) is 0 Å². The maximum Gasteiger partial charge on any atom is 0.254 e. The van der Waals surface area contributed by atoms with Gasteiger partial charge < -0.3 is 4.90 Å². The van der Waals surface area contributed by atoms with Crippen LogP contribution in [0.25, 0.3) is 11.1 Å². The first-order valence-corrected chi connectivity index (χ1v) is 10.00. The van der Waals surface area contributed by atoms with Gasteiger partial charge in [0.2, 0.25) is 0 Å². The van der Waals surface area contributed by atoms with E-state index in [4.69, 9.17) is 28.3 Å². The van der Waals surface area contributed by atoms with Gasteiger partial charge in [-0.15, -0.1) is 0 Å². The average Bonchev–Trinajstić information content (AvgIpc) is 3.12. The summed E-state index contributed by atoms with van der Waals surface area (Å²) in [5.74, 6) is -0.0467. The van der Waals surface area contributed by atoms with Crippen LogP contribution in [-0.4, -0.2) is 32.1 Å². The third-order valence-corrected chi connectivity index (χ3v) is 5.83. The van der Waals surface area contributed by atoms with Gasteiger partial charge in [0.15, 0.2) is 0 Å². The van der Waals surface area contributed by atoms with Crippen LogP contribution in [0.3, 0.4) is 0 Å².